The average molecular weight is 274 g/mol. The molecule has 0 bridgehead atoms. The second kappa shape index (κ2) is 5.44. The van der Waals surface area contributed by atoms with Gasteiger partial charge in [0.1, 0.15) is 0 Å². The van der Waals surface area contributed by atoms with Crippen LogP contribution in [0.25, 0.3) is 0 Å². The fourth-order valence-corrected chi connectivity index (χ4v) is 3.60. The highest BCUT2D eigenvalue weighted by atomic mass is 16.3. The summed E-state index contributed by atoms with van der Waals surface area (Å²) in [5, 5.41) is 9.70. The van der Waals surface area contributed by atoms with Gasteiger partial charge in [-0.25, -0.2) is 0 Å². The van der Waals surface area contributed by atoms with E-state index in [-0.39, 0.29) is 18.4 Å². The Morgan fingerprint density at radius 1 is 1.35 bits per heavy atom. The summed E-state index contributed by atoms with van der Waals surface area (Å²) >= 11 is 0. The predicted molar refractivity (Wildman–Crippen MR) is 78.7 cm³/mol. The van der Waals surface area contributed by atoms with Gasteiger partial charge in [-0.1, -0.05) is 18.2 Å². The molecule has 20 heavy (non-hydrogen) atoms. The third-order valence-corrected chi connectivity index (χ3v) is 4.70. The van der Waals surface area contributed by atoms with Crippen LogP contribution in [0.3, 0.4) is 0 Å². The Morgan fingerprint density at radius 3 is 2.90 bits per heavy atom. The molecule has 0 aliphatic carbocycles. The standard InChI is InChI=1S/C16H22N2O2/c1-12(20)17-8-7-16(14(10-17)11-19)18-9-6-13-4-2-3-5-15(13)18/h2-5,14,16,19H,6-11H2,1H3. The van der Waals surface area contributed by atoms with Gasteiger partial charge >= 0.3 is 0 Å². The summed E-state index contributed by atoms with van der Waals surface area (Å²) in [5.74, 6) is 0.266. The number of aliphatic hydroxyl groups excluding tert-OH is 1. The van der Waals surface area contributed by atoms with E-state index in [0.717, 1.165) is 25.9 Å². The van der Waals surface area contributed by atoms with E-state index in [1.165, 1.54) is 11.3 Å². The Hall–Kier alpha value is -1.55. The molecule has 1 aromatic rings. The molecule has 1 amide bonds. The SMILES string of the molecule is CC(=O)N1CCC(N2CCc3ccccc32)C(CO)C1. The Labute approximate surface area is 120 Å². The molecule has 108 valence electrons. The normalized spacial score (nSPS) is 25.7. The minimum absolute atomic E-state index is 0.115. The van der Waals surface area contributed by atoms with E-state index in [1.807, 2.05) is 4.90 Å². The molecule has 0 radical (unpaired) electrons. The molecule has 4 heteroatoms. The lowest BCUT2D eigenvalue weighted by Gasteiger charge is -2.43. The number of rotatable bonds is 2. The number of fused-ring (bicyclic) bond motifs is 1. The molecular weight excluding hydrogens is 252 g/mol. The highest BCUT2D eigenvalue weighted by Gasteiger charge is 2.36. The highest BCUT2D eigenvalue weighted by molar-refractivity contribution is 5.73. The van der Waals surface area contributed by atoms with Crippen LogP contribution in [-0.4, -0.2) is 48.2 Å². The average Bonchev–Trinajstić information content (AvgIpc) is 2.90. The lowest BCUT2D eigenvalue weighted by molar-refractivity contribution is -0.131. The molecule has 2 atom stereocenters. The van der Waals surface area contributed by atoms with Gasteiger partial charge < -0.3 is 14.9 Å². The number of hydrogen-bond donors (Lipinski definition) is 1. The Morgan fingerprint density at radius 2 is 2.15 bits per heavy atom. The number of likely N-dealkylation sites (tertiary alicyclic amines) is 1. The molecule has 2 unspecified atom stereocenters. The van der Waals surface area contributed by atoms with Crippen molar-refractivity contribution in [3.63, 3.8) is 0 Å². The molecule has 1 aromatic carbocycles. The number of piperidine rings is 1. The first-order chi connectivity index (χ1) is 9.70. The van der Waals surface area contributed by atoms with Crippen molar-refractivity contribution in [2.45, 2.75) is 25.8 Å². The van der Waals surface area contributed by atoms with Crippen LogP contribution >= 0.6 is 0 Å². The van der Waals surface area contributed by atoms with Crippen LogP contribution in [0.15, 0.2) is 24.3 Å². The van der Waals surface area contributed by atoms with Crippen LogP contribution < -0.4 is 4.90 Å². The molecule has 1 saturated heterocycles. The zero-order chi connectivity index (χ0) is 14.1. The van der Waals surface area contributed by atoms with Crippen molar-refractivity contribution < 1.29 is 9.90 Å². The predicted octanol–water partition coefficient (Wildman–Crippen LogP) is 1.28. The van der Waals surface area contributed by atoms with Gasteiger partial charge in [-0.2, -0.15) is 0 Å². The molecule has 0 aromatic heterocycles. The summed E-state index contributed by atoms with van der Waals surface area (Å²) in [6, 6.07) is 8.88. The van der Waals surface area contributed by atoms with Crippen LogP contribution in [0.4, 0.5) is 5.69 Å². The molecule has 0 saturated carbocycles. The summed E-state index contributed by atoms with van der Waals surface area (Å²) in [5.41, 5.74) is 2.71. The Bertz CT molecular complexity index is 503. The molecule has 2 heterocycles. The number of nitrogens with zero attached hydrogens (tertiary/aromatic N) is 2. The van der Waals surface area contributed by atoms with Crippen LogP contribution in [0.1, 0.15) is 18.9 Å². The maximum atomic E-state index is 11.5. The molecule has 4 nitrogen and oxygen atoms in total. The Kier molecular flexibility index (Phi) is 3.66. The number of carbonyl (C=O) groups excluding carboxylic acids is 1. The second-order valence-corrected chi connectivity index (χ2v) is 5.84. The van der Waals surface area contributed by atoms with Crippen molar-refractivity contribution in [2.24, 2.45) is 5.92 Å². The lowest BCUT2D eigenvalue weighted by Crippen LogP contribution is -2.53. The van der Waals surface area contributed by atoms with Gasteiger partial charge in [0.05, 0.1) is 0 Å². The highest BCUT2D eigenvalue weighted by Crippen LogP contribution is 2.34. The summed E-state index contributed by atoms with van der Waals surface area (Å²) in [4.78, 5) is 15.8. The van der Waals surface area contributed by atoms with E-state index in [1.54, 1.807) is 6.92 Å². The van der Waals surface area contributed by atoms with E-state index in [9.17, 15) is 9.90 Å². The summed E-state index contributed by atoms with van der Waals surface area (Å²) < 4.78 is 0. The first kappa shape index (κ1) is 13.4. The number of anilines is 1. The van der Waals surface area contributed by atoms with Gasteiger partial charge in [-0.05, 0) is 24.5 Å². The quantitative estimate of drug-likeness (QED) is 0.883. The zero-order valence-electron chi connectivity index (χ0n) is 12.0. The maximum Gasteiger partial charge on any atom is 0.219 e. The smallest absolute Gasteiger partial charge is 0.219 e. The number of benzene rings is 1. The largest absolute Gasteiger partial charge is 0.396 e. The fourth-order valence-electron chi connectivity index (χ4n) is 3.60. The number of aliphatic hydroxyl groups is 1. The first-order valence-electron chi connectivity index (χ1n) is 7.41. The van der Waals surface area contributed by atoms with E-state index in [4.69, 9.17) is 0 Å². The van der Waals surface area contributed by atoms with Gasteiger partial charge in [0.25, 0.3) is 0 Å². The summed E-state index contributed by atoms with van der Waals surface area (Å²) in [6.07, 6.45) is 2.03. The van der Waals surface area contributed by atoms with E-state index in [2.05, 4.69) is 29.2 Å². The van der Waals surface area contributed by atoms with Gasteiger partial charge in [0.2, 0.25) is 5.91 Å². The van der Waals surface area contributed by atoms with Gasteiger partial charge in [-0.15, -0.1) is 0 Å². The number of carbonyl (C=O) groups is 1. The zero-order valence-corrected chi connectivity index (χ0v) is 12.0. The van der Waals surface area contributed by atoms with Crippen LogP contribution in [0, 0.1) is 5.92 Å². The van der Waals surface area contributed by atoms with Gasteiger partial charge in [-0.3, -0.25) is 4.79 Å². The van der Waals surface area contributed by atoms with Crippen LogP contribution in [0.5, 0.6) is 0 Å². The number of hydrogen-bond acceptors (Lipinski definition) is 3. The topological polar surface area (TPSA) is 43.8 Å². The molecule has 0 spiro atoms. The van der Waals surface area contributed by atoms with E-state index in [0.29, 0.717) is 12.6 Å². The number of para-hydroxylation sites is 1. The molecule has 2 aliphatic rings. The molecule has 2 aliphatic heterocycles. The maximum absolute atomic E-state index is 11.5. The lowest BCUT2D eigenvalue weighted by atomic mass is 9.91. The number of amides is 1. The minimum Gasteiger partial charge on any atom is -0.396 e. The van der Waals surface area contributed by atoms with Crippen molar-refractivity contribution >= 4 is 11.6 Å². The van der Waals surface area contributed by atoms with Crippen LogP contribution in [-0.2, 0) is 11.2 Å². The van der Waals surface area contributed by atoms with Gasteiger partial charge in [0.15, 0.2) is 0 Å². The van der Waals surface area contributed by atoms with E-state index >= 15 is 0 Å². The summed E-state index contributed by atoms with van der Waals surface area (Å²) in [6.45, 7) is 4.26. The van der Waals surface area contributed by atoms with Gasteiger partial charge in [0, 0.05) is 50.8 Å². The van der Waals surface area contributed by atoms with Crippen LogP contribution in [0.2, 0.25) is 0 Å². The molecule has 1 N–H and O–H groups in total. The third-order valence-electron chi connectivity index (χ3n) is 4.70. The van der Waals surface area contributed by atoms with Crippen molar-refractivity contribution in [3.05, 3.63) is 29.8 Å². The summed E-state index contributed by atoms with van der Waals surface area (Å²) in [7, 11) is 0. The molecule has 1 fully saturated rings. The van der Waals surface area contributed by atoms with Crippen molar-refractivity contribution in [3.8, 4) is 0 Å². The van der Waals surface area contributed by atoms with Crippen molar-refractivity contribution in [1.29, 1.82) is 0 Å². The van der Waals surface area contributed by atoms with E-state index < -0.39 is 0 Å². The first-order valence-corrected chi connectivity index (χ1v) is 7.41. The van der Waals surface area contributed by atoms with Crippen molar-refractivity contribution in [2.75, 3.05) is 31.1 Å². The second-order valence-electron chi connectivity index (χ2n) is 5.84. The Balaban J connectivity index is 1.79. The fraction of sp³-hybridized carbons (Fsp3) is 0.562. The molecular formula is C16H22N2O2. The third kappa shape index (κ3) is 2.29. The minimum atomic E-state index is 0.115. The monoisotopic (exact) mass is 274 g/mol. The van der Waals surface area contributed by atoms with Crippen molar-refractivity contribution in [1.82, 2.24) is 4.90 Å². The molecule has 3 rings (SSSR count).